The number of rotatable bonds is 3. The third-order valence-electron chi connectivity index (χ3n) is 1.85. The van der Waals surface area contributed by atoms with Crippen LogP contribution in [0.1, 0.15) is 0 Å². The Labute approximate surface area is 102 Å². The van der Waals surface area contributed by atoms with E-state index in [0.717, 1.165) is 0 Å². The Morgan fingerprint density at radius 1 is 1.29 bits per heavy atom. The van der Waals surface area contributed by atoms with E-state index in [0.29, 0.717) is 5.02 Å². The van der Waals surface area contributed by atoms with Crippen LogP contribution >= 0.6 is 11.6 Å². The van der Waals surface area contributed by atoms with Crippen LogP contribution in [0.2, 0.25) is 5.02 Å². The monoisotopic (exact) mass is 273 g/mol. The number of sulfonamides is 1. The average Bonchev–Trinajstić information content (AvgIpc) is 2.63. The van der Waals surface area contributed by atoms with Gasteiger partial charge in [0, 0.05) is 5.02 Å². The van der Waals surface area contributed by atoms with Gasteiger partial charge in [-0.3, -0.25) is 0 Å². The van der Waals surface area contributed by atoms with Crippen LogP contribution in [0.25, 0.3) is 0 Å². The Kier molecular flexibility index (Phi) is 2.90. The standard InChI is InChI=1S/C8H8ClN5O2S/c9-5-1-3-6(4-2-5)17(15,16)14-8-11-7(10)12-13-8/h1-4H,(H4,10,11,12,13,14). The molecule has 0 amide bonds. The van der Waals surface area contributed by atoms with Crippen molar-refractivity contribution in [3.05, 3.63) is 29.3 Å². The summed E-state index contributed by atoms with van der Waals surface area (Å²) in [5, 5.41) is 6.34. The minimum atomic E-state index is -3.73. The lowest BCUT2D eigenvalue weighted by atomic mass is 10.4. The molecule has 0 unspecified atom stereocenters. The van der Waals surface area contributed by atoms with Gasteiger partial charge in [0.2, 0.25) is 5.95 Å². The second-order valence-corrected chi connectivity index (χ2v) is 5.22. The van der Waals surface area contributed by atoms with E-state index in [2.05, 4.69) is 19.9 Å². The molecule has 1 aromatic carbocycles. The second kappa shape index (κ2) is 4.22. The fourth-order valence-corrected chi connectivity index (χ4v) is 2.18. The van der Waals surface area contributed by atoms with E-state index >= 15 is 0 Å². The molecule has 0 aliphatic heterocycles. The predicted octanol–water partition coefficient (Wildman–Crippen LogP) is 0.841. The van der Waals surface area contributed by atoms with Gasteiger partial charge in [-0.05, 0) is 24.3 Å². The highest BCUT2D eigenvalue weighted by atomic mass is 35.5. The number of halogens is 1. The molecule has 4 N–H and O–H groups in total. The first-order valence-corrected chi connectivity index (χ1v) is 6.30. The Balaban J connectivity index is 2.28. The molecule has 9 heteroatoms. The van der Waals surface area contributed by atoms with E-state index in [1.165, 1.54) is 24.3 Å². The van der Waals surface area contributed by atoms with Gasteiger partial charge in [0.15, 0.2) is 0 Å². The van der Waals surface area contributed by atoms with E-state index in [-0.39, 0.29) is 16.8 Å². The fourth-order valence-electron chi connectivity index (χ4n) is 1.11. The molecule has 90 valence electrons. The largest absolute Gasteiger partial charge is 0.368 e. The first kappa shape index (κ1) is 11.7. The molecule has 0 atom stereocenters. The number of nitrogens with zero attached hydrogens (tertiary/aromatic N) is 2. The number of aromatic amines is 1. The van der Waals surface area contributed by atoms with E-state index in [1.54, 1.807) is 0 Å². The summed E-state index contributed by atoms with van der Waals surface area (Å²) in [5.74, 6) is -0.0868. The maximum absolute atomic E-state index is 11.8. The SMILES string of the molecule is Nc1nc(NS(=O)(=O)c2ccc(Cl)cc2)n[nH]1. The summed E-state index contributed by atoms with van der Waals surface area (Å²) in [5.41, 5.74) is 5.27. The third kappa shape index (κ3) is 2.66. The number of nitrogens with one attached hydrogen (secondary N) is 2. The van der Waals surface area contributed by atoms with Crippen molar-refractivity contribution >= 4 is 33.5 Å². The number of benzene rings is 1. The minimum Gasteiger partial charge on any atom is -0.368 e. The molecule has 0 saturated carbocycles. The van der Waals surface area contributed by atoms with Gasteiger partial charge >= 0.3 is 0 Å². The first-order valence-electron chi connectivity index (χ1n) is 4.44. The quantitative estimate of drug-likeness (QED) is 0.767. The zero-order valence-corrected chi connectivity index (χ0v) is 9.96. The van der Waals surface area contributed by atoms with Gasteiger partial charge < -0.3 is 5.73 Å². The van der Waals surface area contributed by atoms with Crippen LogP contribution in [0.5, 0.6) is 0 Å². The molecule has 2 aromatic rings. The molecule has 0 fully saturated rings. The fraction of sp³-hybridized carbons (Fsp3) is 0. The molecule has 17 heavy (non-hydrogen) atoms. The summed E-state index contributed by atoms with van der Waals surface area (Å²) < 4.78 is 25.8. The average molecular weight is 274 g/mol. The van der Waals surface area contributed by atoms with Crippen molar-refractivity contribution in [3.63, 3.8) is 0 Å². The van der Waals surface area contributed by atoms with Gasteiger partial charge in [-0.15, -0.1) is 5.10 Å². The highest BCUT2D eigenvalue weighted by Crippen LogP contribution is 2.16. The van der Waals surface area contributed by atoms with Crippen molar-refractivity contribution in [1.29, 1.82) is 0 Å². The molecule has 0 aliphatic carbocycles. The molecule has 7 nitrogen and oxygen atoms in total. The van der Waals surface area contributed by atoms with Crippen LogP contribution in [0, 0.1) is 0 Å². The Morgan fingerprint density at radius 2 is 1.94 bits per heavy atom. The topological polar surface area (TPSA) is 114 Å². The van der Waals surface area contributed by atoms with E-state index in [1.807, 2.05) is 0 Å². The van der Waals surface area contributed by atoms with Gasteiger partial charge in [-0.25, -0.2) is 18.2 Å². The molecule has 0 spiro atoms. The van der Waals surface area contributed by atoms with Crippen molar-refractivity contribution in [2.24, 2.45) is 0 Å². The van der Waals surface area contributed by atoms with Crippen LogP contribution in [0.3, 0.4) is 0 Å². The smallest absolute Gasteiger partial charge is 0.264 e. The van der Waals surface area contributed by atoms with Crippen molar-refractivity contribution < 1.29 is 8.42 Å². The molecule has 1 aromatic heterocycles. The highest BCUT2D eigenvalue weighted by molar-refractivity contribution is 7.92. The number of anilines is 2. The van der Waals surface area contributed by atoms with Crippen molar-refractivity contribution in [2.75, 3.05) is 10.5 Å². The first-order chi connectivity index (χ1) is 7.97. The molecule has 0 bridgehead atoms. The van der Waals surface area contributed by atoms with E-state index < -0.39 is 10.0 Å². The molecule has 0 saturated heterocycles. The minimum absolute atomic E-state index is 0.0267. The molecule has 0 radical (unpaired) electrons. The van der Waals surface area contributed by atoms with Gasteiger partial charge in [0.05, 0.1) is 4.90 Å². The van der Waals surface area contributed by atoms with Crippen LogP contribution < -0.4 is 10.5 Å². The maximum Gasteiger partial charge on any atom is 0.264 e. The number of nitrogens with two attached hydrogens (primary N) is 1. The summed E-state index contributed by atoms with van der Waals surface area (Å²) in [7, 11) is -3.73. The normalized spacial score (nSPS) is 11.4. The third-order valence-corrected chi connectivity index (χ3v) is 3.45. The highest BCUT2D eigenvalue weighted by Gasteiger charge is 2.16. The van der Waals surface area contributed by atoms with Crippen molar-refractivity contribution in [2.45, 2.75) is 4.90 Å². The summed E-state index contributed by atoms with van der Waals surface area (Å²) in [6.45, 7) is 0. The Hall–Kier alpha value is -1.80. The summed E-state index contributed by atoms with van der Waals surface area (Å²) >= 11 is 5.66. The van der Waals surface area contributed by atoms with Gasteiger partial charge in [0.25, 0.3) is 16.0 Å². The van der Waals surface area contributed by atoms with Crippen LogP contribution in [0.15, 0.2) is 29.2 Å². The van der Waals surface area contributed by atoms with Crippen molar-refractivity contribution in [3.8, 4) is 0 Å². The summed E-state index contributed by atoms with van der Waals surface area (Å²) in [4.78, 5) is 3.69. The maximum atomic E-state index is 11.8. The number of hydrogen-bond acceptors (Lipinski definition) is 5. The predicted molar refractivity (Wildman–Crippen MR) is 63.1 cm³/mol. The van der Waals surface area contributed by atoms with Gasteiger partial charge in [-0.1, -0.05) is 11.6 Å². The van der Waals surface area contributed by atoms with E-state index in [9.17, 15) is 8.42 Å². The lowest BCUT2D eigenvalue weighted by Gasteiger charge is -2.03. The molecular weight excluding hydrogens is 266 g/mol. The number of aromatic nitrogens is 3. The van der Waals surface area contributed by atoms with Gasteiger partial charge in [0.1, 0.15) is 0 Å². The lowest BCUT2D eigenvalue weighted by molar-refractivity contribution is 0.601. The Morgan fingerprint density at radius 3 is 2.47 bits per heavy atom. The number of H-pyrrole nitrogens is 1. The Bertz CT molecular complexity index is 622. The molecule has 2 rings (SSSR count). The second-order valence-electron chi connectivity index (χ2n) is 3.10. The zero-order valence-electron chi connectivity index (χ0n) is 8.38. The van der Waals surface area contributed by atoms with Crippen LogP contribution in [-0.4, -0.2) is 23.6 Å². The number of nitrogen functional groups attached to an aromatic ring is 1. The summed E-state index contributed by atoms with van der Waals surface area (Å²) in [6.07, 6.45) is 0. The number of hydrogen-bond donors (Lipinski definition) is 3. The van der Waals surface area contributed by atoms with E-state index in [4.69, 9.17) is 17.3 Å². The van der Waals surface area contributed by atoms with Crippen molar-refractivity contribution in [1.82, 2.24) is 15.2 Å². The lowest BCUT2D eigenvalue weighted by Crippen LogP contribution is -2.13. The van der Waals surface area contributed by atoms with Gasteiger partial charge in [-0.2, -0.15) is 4.98 Å². The van der Waals surface area contributed by atoms with Crippen LogP contribution in [-0.2, 0) is 10.0 Å². The molecule has 0 aliphatic rings. The molecule has 1 heterocycles. The summed E-state index contributed by atoms with van der Waals surface area (Å²) in [6, 6.07) is 5.70. The zero-order chi connectivity index (χ0) is 12.5. The van der Waals surface area contributed by atoms with Crippen LogP contribution in [0.4, 0.5) is 11.9 Å². The molecular formula is C8H8ClN5O2S.